The van der Waals surface area contributed by atoms with Crippen LogP contribution in [0.5, 0.6) is 0 Å². The smallest absolute Gasteiger partial charge is 0.0282 e. The van der Waals surface area contributed by atoms with E-state index >= 15 is 0 Å². The van der Waals surface area contributed by atoms with E-state index in [1.807, 2.05) is 6.08 Å². The summed E-state index contributed by atoms with van der Waals surface area (Å²) in [6.07, 6.45) is 19.1. The maximum atomic E-state index is 3.77. The number of unbranched alkanes of at least 4 members (excludes halogenated alkanes) is 4. The van der Waals surface area contributed by atoms with Gasteiger partial charge < -0.3 is 0 Å². The van der Waals surface area contributed by atoms with E-state index in [0.29, 0.717) is 0 Å². The molecule has 0 aliphatic carbocycles. The highest BCUT2D eigenvalue weighted by atomic mass is 14.0. The summed E-state index contributed by atoms with van der Waals surface area (Å²) < 4.78 is 0. The van der Waals surface area contributed by atoms with Crippen LogP contribution in [0.1, 0.15) is 72.1 Å². The molecule has 0 heterocycles. The van der Waals surface area contributed by atoms with Gasteiger partial charge in [0.05, 0.1) is 0 Å². The van der Waals surface area contributed by atoms with Crippen LogP contribution in [-0.2, 0) is 0 Å². The van der Waals surface area contributed by atoms with Crippen molar-refractivity contribution in [3.63, 3.8) is 0 Å². The lowest BCUT2D eigenvalue weighted by Gasteiger charge is -2.04. The van der Waals surface area contributed by atoms with Gasteiger partial charge in [-0.1, -0.05) is 63.5 Å². The largest absolute Gasteiger partial charge is 0.103 e. The molecule has 0 spiro atoms. The van der Waals surface area contributed by atoms with Crippen molar-refractivity contribution in [1.82, 2.24) is 0 Å². The monoisotopic (exact) mass is 248 g/mol. The zero-order valence-electron chi connectivity index (χ0n) is 12.8. The van der Waals surface area contributed by atoms with E-state index in [0.717, 1.165) is 12.3 Å². The Hall–Kier alpha value is -0.780. The standard InChI is InChI=1S/C18H32/c1-5-7-9-10-11-15-18(14-8-6-2)16-12-13-17(3)4/h5,12,14,16-17H,1,6-11,13,15H2,2-4H3. The van der Waals surface area contributed by atoms with Crippen molar-refractivity contribution in [2.45, 2.75) is 72.1 Å². The number of hydrogen-bond donors (Lipinski definition) is 0. The molecule has 0 fully saturated rings. The van der Waals surface area contributed by atoms with Crippen molar-refractivity contribution in [2.24, 2.45) is 5.92 Å². The number of allylic oxidation sites excluding steroid dienone is 5. The maximum Gasteiger partial charge on any atom is -0.0282 e. The van der Waals surface area contributed by atoms with Crippen LogP contribution >= 0.6 is 0 Å². The fourth-order valence-electron chi connectivity index (χ4n) is 1.87. The topological polar surface area (TPSA) is 0 Å². The van der Waals surface area contributed by atoms with Gasteiger partial charge in [-0.2, -0.15) is 0 Å². The second kappa shape index (κ2) is 12.7. The minimum Gasteiger partial charge on any atom is -0.103 e. The summed E-state index contributed by atoms with van der Waals surface area (Å²) in [5, 5.41) is 0. The van der Waals surface area contributed by atoms with Gasteiger partial charge >= 0.3 is 0 Å². The SMILES string of the molecule is C=CCCCCCC(C=CCC(C)C)=CCCC. The third kappa shape index (κ3) is 11.7. The molecule has 0 rings (SSSR count). The molecule has 0 amide bonds. The molecule has 0 aromatic rings. The summed E-state index contributed by atoms with van der Waals surface area (Å²) in [6.45, 7) is 10.6. The van der Waals surface area contributed by atoms with E-state index < -0.39 is 0 Å². The first-order valence-corrected chi connectivity index (χ1v) is 7.67. The molecule has 0 heteroatoms. The van der Waals surface area contributed by atoms with Gasteiger partial charge in [0.2, 0.25) is 0 Å². The zero-order chi connectivity index (χ0) is 13.6. The fourth-order valence-corrected chi connectivity index (χ4v) is 1.87. The van der Waals surface area contributed by atoms with E-state index in [4.69, 9.17) is 0 Å². The molecule has 18 heavy (non-hydrogen) atoms. The highest BCUT2D eigenvalue weighted by Gasteiger charge is 1.95. The minimum atomic E-state index is 0.765. The first-order valence-electron chi connectivity index (χ1n) is 7.67. The van der Waals surface area contributed by atoms with Crippen LogP contribution in [-0.4, -0.2) is 0 Å². The molecule has 0 aliphatic rings. The molecule has 0 unspecified atom stereocenters. The van der Waals surface area contributed by atoms with Crippen LogP contribution in [0.25, 0.3) is 0 Å². The van der Waals surface area contributed by atoms with E-state index in [2.05, 4.69) is 45.6 Å². The molecular weight excluding hydrogens is 216 g/mol. The molecule has 0 aliphatic heterocycles. The van der Waals surface area contributed by atoms with Crippen molar-refractivity contribution in [3.8, 4) is 0 Å². The Labute approximate surface area is 115 Å². The summed E-state index contributed by atoms with van der Waals surface area (Å²) in [5.41, 5.74) is 1.54. The van der Waals surface area contributed by atoms with Crippen molar-refractivity contribution in [3.05, 3.63) is 36.5 Å². The predicted molar refractivity (Wildman–Crippen MR) is 84.9 cm³/mol. The molecule has 104 valence electrons. The molecular formula is C18H32. The first kappa shape index (κ1) is 17.2. The summed E-state index contributed by atoms with van der Waals surface area (Å²) in [5.74, 6) is 0.765. The van der Waals surface area contributed by atoms with E-state index in [1.54, 1.807) is 0 Å². The highest BCUT2D eigenvalue weighted by molar-refractivity contribution is 5.18. The molecule has 0 atom stereocenters. The van der Waals surface area contributed by atoms with E-state index in [-0.39, 0.29) is 0 Å². The summed E-state index contributed by atoms with van der Waals surface area (Å²) in [7, 11) is 0. The Balaban J connectivity index is 3.99. The van der Waals surface area contributed by atoms with Crippen LogP contribution in [0.3, 0.4) is 0 Å². The summed E-state index contributed by atoms with van der Waals surface area (Å²) in [6, 6.07) is 0. The Morgan fingerprint density at radius 2 is 1.89 bits per heavy atom. The van der Waals surface area contributed by atoms with Gasteiger partial charge in [0.15, 0.2) is 0 Å². The van der Waals surface area contributed by atoms with Gasteiger partial charge in [-0.25, -0.2) is 0 Å². The van der Waals surface area contributed by atoms with Gasteiger partial charge in [-0.3, -0.25) is 0 Å². The van der Waals surface area contributed by atoms with E-state index in [9.17, 15) is 0 Å². The van der Waals surface area contributed by atoms with E-state index in [1.165, 1.54) is 50.5 Å². The Kier molecular flexibility index (Phi) is 12.1. The predicted octanol–water partition coefficient (Wildman–Crippen LogP) is 6.45. The van der Waals surface area contributed by atoms with Crippen molar-refractivity contribution in [1.29, 1.82) is 0 Å². The van der Waals surface area contributed by atoms with Crippen LogP contribution in [0.15, 0.2) is 36.5 Å². The molecule has 0 nitrogen and oxygen atoms in total. The molecule has 0 aromatic heterocycles. The fraction of sp³-hybridized carbons (Fsp3) is 0.667. The van der Waals surface area contributed by atoms with Gasteiger partial charge in [0, 0.05) is 0 Å². The van der Waals surface area contributed by atoms with Crippen LogP contribution in [0.4, 0.5) is 0 Å². The highest BCUT2D eigenvalue weighted by Crippen LogP contribution is 2.14. The van der Waals surface area contributed by atoms with Crippen LogP contribution in [0.2, 0.25) is 0 Å². The van der Waals surface area contributed by atoms with Crippen molar-refractivity contribution < 1.29 is 0 Å². The number of rotatable bonds is 11. The second-order valence-corrected chi connectivity index (χ2v) is 5.49. The molecule has 0 aromatic carbocycles. The third-order valence-corrected chi connectivity index (χ3v) is 3.01. The van der Waals surface area contributed by atoms with Gasteiger partial charge in [0.1, 0.15) is 0 Å². The van der Waals surface area contributed by atoms with Crippen molar-refractivity contribution >= 4 is 0 Å². The lowest BCUT2D eigenvalue weighted by molar-refractivity contribution is 0.661. The zero-order valence-corrected chi connectivity index (χ0v) is 12.8. The molecule has 0 radical (unpaired) electrons. The lowest BCUT2D eigenvalue weighted by Crippen LogP contribution is -1.85. The maximum absolute atomic E-state index is 3.77. The minimum absolute atomic E-state index is 0.765. The molecule has 0 bridgehead atoms. The van der Waals surface area contributed by atoms with Gasteiger partial charge in [-0.15, -0.1) is 6.58 Å². The number of hydrogen-bond acceptors (Lipinski definition) is 0. The second-order valence-electron chi connectivity index (χ2n) is 5.49. The summed E-state index contributed by atoms with van der Waals surface area (Å²) in [4.78, 5) is 0. The lowest BCUT2D eigenvalue weighted by atomic mass is 10.0. The Bertz CT molecular complexity index is 243. The molecule has 0 saturated carbocycles. The third-order valence-electron chi connectivity index (χ3n) is 3.01. The van der Waals surface area contributed by atoms with Gasteiger partial charge in [-0.05, 0) is 44.4 Å². The normalized spacial score (nSPS) is 12.6. The quantitative estimate of drug-likeness (QED) is 0.224. The molecule has 0 saturated heterocycles. The Morgan fingerprint density at radius 3 is 2.50 bits per heavy atom. The van der Waals surface area contributed by atoms with Crippen LogP contribution in [0, 0.1) is 5.92 Å². The first-order chi connectivity index (χ1) is 8.70. The average molecular weight is 248 g/mol. The Morgan fingerprint density at radius 1 is 1.11 bits per heavy atom. The van der Waals surface area contributed by atoms with Crippen LogP contribution < -0.4 is 0 Å². The average Bonchev–Trinajstić information content (AvgIpc) is 2.34. The van der Waals surface area contributed by atoms with Crippen molar-refractivity contribution in [2.75, 3.05) is 0 Å². The summed E-state index contributed by atoms with van der Waals surface area (Å²) >= 11 is 0. The molecule has 0 N–H and O–H groups in total. The van der Waals surface area contributed by atoms with Gasteiger partial charge in [0.25, 0.3) is 0 Å².